The van der Waals surface area contributed by atoms with Crippen LogP contribution in [-0.2, 0) is 0 Å². The third-order valence-electron chi connectivity index (χ3n) is 8.00. The van der Waals surface area contributed by atoms with Crippen molar-refractivity contribution in [2.75, 3.05) is 0 Å². The molecule has 0 saturated heterocycles. The van der Waals surface area contributed by atoms with Crippen LogP contribution in [0, 0.1) is 0 Å². The van der Waals surface area contributed by atoms with Crippen molar-refractivity contribution in [3.63, 3.8) is 0 Å². The lowest BCUT2D eigenvalue weighted by Crippen LogP contribution is -1.97. The predicted octanol–water partition coefficient (Wildman–Crippen LogP) is 10.2. The van der Waals surface area contributed by atoms with E-state index in [1.54, 1.807) is 0 Å². The van der Waals surface area contributed by atoms with Gasteiger partial charge in [-0.05, 0) is 65.7 Å². The number of nitrogens with zero attached hydrogens (tertiary/aromatic N) is 2. The van der Waals surface area contributed by atoms with Crippen molar-refractivity contribution >= 4 is 54.9 Å². The molecule has 41 heavy (non-hydrogen) atoms. The molecule has 0 aliphatic heterocycles. The Hall–Kier alpha value is -5.61. The van der Waals surface area contributed by atoms with E-state index in [0.717, 1.165) is 83.1 Å². The Morgan fingerprint density at radius 1 is 0.439 bits per heavy atom. The highest BCUT2D eigenvalue weighted by Crippen LogP contribution is 2.38. The van der Waals surface area contributed by atoms with Gasteiger partial charge in [-0.3, -0.25) is 4.57 Å². The van der Waals surface area contributed by atoms with Crippen LogP contribution in [0.1, 0.15) is 0 Å². The molecule has 6 aromatic carbocycles. The summed E-state index contributed by atoms with van der Waals surface area (Å²) in [7, 11) is 0. The maximum absolute atomic E-state index is 6.30. The van der Waals surface area contributed by atoms with Gasteiger partial charge in [-0.2, -0.15) is 0 Å². The van der Waals surface area contributed by atoms with Crippen molar-refractivity contribution in [1.29, 1.82) is 0 Å². The van der Waals surface area contributed by atoms with E-state index in [0.29, 0.717) is 0 Å². The number of benzene rings is 6. The molecule has 0 amide bonds. The quantitative estimate of drug-likeness (QED) is 0.230. The molecule has 0 bridgehead atoms. The molecular formula is C37H22N2O2. The van der Waals surface area contributed by atoms with Crippen LogP contribution in [0.4, 0.5) is 0 Å². The van der Waals surface area contributed by atoms with Gasteiger partial charge in [0.1, 0.15) is 28.2 Å². The Bertz CT molecular complexity index is 2410. The van der Waals surface area contributed by atoms with E-state index >= 15 is 0 Å². The van der Waals surface area contributed by atoms with Crippen molar-refractivity contribution in [2.24, 2.45) is 0 Å². The summed E-state index contributed by atoms with van der Waals surface area (Å²) < 4.78 is 14.7. The van der Waals surface area contributed by atoms with E-state index in [-0.39, 0.29) is 0 Å². The van der Waals surface area contributed by atoms with Crippen LogP contribution in [0.15, 0.2) is 142 Å². The topological polar surface area (TPSA) is 44.1 Å². The second kappa shape index (κ2) is 8.44. The number of imidazole rings is 1. The summed E-state index contributed by atoms with van der Waals surface area (Å²) in [5.74, 6) is 0.926. The molecule has 0 spiro atoms. The molecule has 0 saturated carbocycles. The minimum absolute atomic E-state index is 0.862. The Balaban J connectivity index is 1.22. The lowest BCUT2D eigenvalue weighted by molar-refractivity contribution is 0.664. The first-order valence-corrected chi connectivity index (χ1v) is 13.7. The van der Waals surface area contributed by atoms with E-state index in [4.69, 9.17) is 13.8 Å². The molecular weight excluding hydrogens is 504 g/mol. The summed E-state index contributed by atoms with van der Waals surface area (Å²) in [6.07, 6.45) is 0. The van der Waals surface area contributed by atoms with Crippen molar-refractivity contribution in [3.8, 4) is 28.2 Å². The van der Waals surface area contributed by atoms with E-state index in [2.05, 4.69) is 108 Å². The zero-order chi connectivity index (χ0) is 26.9. The van der Waals surface area contributed by atoms with Gasteiger partial charge in [0.2, 0.25) is 0 Å². The van der Waals surface area contributed by atoms with Gasteiger partial charge in [0.25, 0.3) is 0 Å². The summed E-state index contributed by atoms with van der Waals surface area (Å²) in [6, 6.07) is 46.0. The molecule has 4 nitrogen and oxygen atoms in total. The highest BCUT2D eigenvalue weighted by atomic mass is 16.3. The van der Waals surface area contributed by atoms with Crippen LogP contribution in [0.5, 0.6) is 0 Å². The second-order valence-electron chi connectivity index (χ2n) is 10.4. The van der Waals surface area contributed by atoms with E-state index in [1.807, 2.05) is 30.3 Å². The molecule has 9 rings (SSSR count). The zero-order valence-corrected chi connectivity index (χ0v) is 21.9. The minimum Gasteiger partial charge on any atom is -0.456 e. The molecule has 4 heteroatoms. The molecule has 9 aromatic rings. The van der Waals surface area contributed by atoms with Crippen molar-refractivity contribution in [2.45, 2.75) is 0 Å². The molecule has 192 valence electrons. The Morgan fingerprint density at radius 3 is 1.85 bits per heavy atom. The summed E-state index contributed by atoms with van der Waals surface area (Å²) >= 11 is 0. The average molecular weight is 527 g/mol. The summed E-state index contributed by atoms with van der Waals surface area (Å²) in [5.41, 5.74) is 9.89. The lowest BCUT2D eigenvalue weighted by Gasteiger charge is -2.09. The number of rotatable bonds is 3. The van der Waals surface area contributed by atoms with Gasteiger partial charge in [-0.25, -0.2) is 4.98 Å². The lowest BCUT2D eigenvalue weighted by atomic mass is 10.0. The molecule has 0 unspecified atom stereocenters. The molecule has 0 atom stereocenters. The molecule has 3 heterocycles. The van der Waals surface area contributed by atoms with Crippen LogP contribution < -0.4 is 0 Å². The monoisotopic (exact) mass is 526 g/mol. The first-order chi connectivity index (χ1) is 20.3. The van der Waals surface area contributed by atoms with Gasteiger partial charge in [-0.15, -0.1) is 0 Å². The van der Waals surface area contributed by atoms with E-state index in [9.17, 15) is 0 Å². The second-order valence-corrected chi connectivity index (χ2v) is 10.4. The summed E-state index contributed by atoms with van der Waals surface area (Å²) in [5, 5.41) is 4.29. The third-order valence-corrected chi connectivity index (χ3v) is 8.00. The number of hydrogen-bond donors (Lipinski definition) is 0. The first kappa shape index (κ1) is 22.2. The van der Waals surface area contributed by atoms with Gasteiger partial charge in [0.15, 0.2) is 0 Å². The normalized spacial score (nSPS) is 11.9. The van der Waals surface area contributed by atoms with Crippen LogP contribution >= 0.6 is 0 Å². The van der Waals surface area contributed by atoms with Crippen LogP contribution in [0.3, 0.4) is 0 Å². The fourth-order valence-corrected chi connectivity index (χ4v) is 6.05. The molecule has 0 aliphatic rings. The predicted molar refractivity (Wildman–Crippen MR) is 166 cm³/mol. The van der Waals surface area contributed by atoms with Crippen LogP contribution in [-0.4, -0.2) is 9.55 Å². The maximum Gasteiger partial charge on any atom is 0.145 e. The Morgan fingerprint density at radius 2 is 1.05 bits per heavy atom. The number of furan rings is 2. The average Bonchev–Trinajstić information content (AvgIpc) is 3.71. The number of aromatic nitrogens is 2. The first-order valence-electron chi connectivity index (χ1n) is 13.7. The van der Waals surface area contributed by atoms with Crippen molar-refractivity contribution in [1.82, 2.24) is 9.55 Å². The number of hydrogen-bond acceptors (Lipinski definition) is 3. The fraction of sp³-hybridized carbons (Fsp3) is 0. The molecule has 0 aliphatic carbocycles. The number of para-hydroxylation sites is 2. The number of fused-ring (bicyclic) bond motifs is 7. The zero-order valence-electron chi connectivity index (χ0n) is 21.9. The summed E-state index contributed by atoms with van der Waals surface area (Å²) in [4.78, 5) is 5.13. The van der Waals surface area contributed by atoms with Gasteiger partial charge in [0, 0.05) is 32.8 Å². The summed E-state index contributed by atoms with van der Waals surface area (Å²) in [6.45, 7) is 0. The van der Waals surface area contributed by atoms with Crippen molar-refractivity contribution in [3.05, 3.63) is 133 Å². The Kier molecular flexibility index (Phi) is 4.58. The van der Waals surface area contributed by atoms with Gasteiger partial charge in [0.05, 0.1) is 11.0 Å². The van der Waals surface area contributed by atoms with E-state index in [1.165, 1.54) is 0 Å². The highest BCUT2D eigenvalue weighted by Gasteiger charge is 2.17. The van der Waals surface area contributed by atoms with Gasteiger partial charge < -0.3 is 8.83 Å². The molecule has 3 aromatic heterocycles. The van der Waals surface area contributed by atoms with Crippen LogP contribution in [0.25, 0.3) is 83.1 Å². The largest absolute Gasteiger partial charge is 0.456 e. The van der Waals surface area contributed by atoms with Crippen LogP contribution in [0.2, 0.25) is 0 Å². The fourth-order valence-electron chi connectivity index (χ4n) is 6.05. The van der Waals surface area contributed by atoms with Gasteiger partial charge >= 0.3 is 0 Å². The minimum atomic E-state index is 0.862. The van der Waals surface area contributed by atoms with Gasteiger partial charge in [-0.1, -0.05) is 78.9 Å². The molecule has 0 fully saturated rings. The molecule has 0 N–H and O–H groups in total. The Labute approximate surface area is 234 Å². The highest BCUT2D eigenvalue weighted by molar-refractivity contribution is 6.15. The SMILES string of the molecule is c1ccc(-c2nc3cc(-c4ccc5oc6cc7c(cc6c5c4)oc4ccccc47)ccc3n2-c2ccccc2)cc1. The standard InChI is InChI=1S/C37H22N2O2/c1-3-9-23(10-4-1)37-38-31-20-25(15-17-32(31)39(37)26-11-5-2-6-12-26)24-16-18-34-28(19-24)30-22-35-29(21-36(30)41-34)27-13-7-8-14-33(27)40-35/h1-22H. The third kappa shape index (κ3) is 3.38. The molecule has 0 radical (unpaired) electrons. The van der Waals surface area contributed by atoms with E-state index < -0.39 is 0 Å². The van der Waals surface area contributed by atoms with Crippen molar-refractivity contribution < 1.29 is 8.83 Å². The maximum atomic E-state index is 6.30. The smallest absolute Gasteiger partial charge is 0.145 e.